The van der Waals surface area contributed by atoms with Gasteiger partial charge in [-0.15, -0.1) is 0 Å². The molecule has 0 saturated carbocycles. The molecule has 2 aliphatic heterocycles. The number of methoxy groups -OCH3 is 2. The Labute approximate surface area is 254 Å². The molecule has 2 fully saturated rings. The Kier molecular flexibility index (Phi) is 14.9. The van der Waals surface area contributed by atoms with Gasteiger partial charge in [-0.3, -0.25) is 9.59 Å². The van der Waals surface area contributed by atoms with Crippen molar-refractivity contribution in [2.75, 3.05) is 27.4 Å². The van der Waals surface area contributed by atoms with Crippen LogP contribution in [0.15, 0.2) is 28.4 Å². The van der Waals surface area contributed by atoms with Gasteiger partial charge in [0.2, 0.25) is 5.89 Å². The monoisotopic (exact) mass is 604 g/mol. The molecule has 0 spiro atoms. The van der Waals surface area contributed by atoms with Gasteiger partial charge in [0.15, 0.2) is 0 Å². The Bertz CT molecular complexity index is 1070. The van der Waals surface area contributed by atoms with Crippen molar-refractivity contribution in [3.63, 3.8) is 0 Å². The highest BCUT2D eigenvalue weighted by molar-refractivity contribution is 5.73. The van der Waals surface area contributed by atoms with Crippen LogP contribution in [0.2, 0.25) is 0 Å². The van der Waals surface area contributed by atoms with E-state index < -0.39 is 6.09 Å². The third-order valence-electron chi connectivity index (χ3n) is 7.75. The Balaban J connectivity index is 1.52. The van der Waals surface area contributed by atoms with Gasteiger partial charge in [-0.05, 0) is 50.5 Å². The number of oxazole rings is 1. The van der Waals surface area contributed by atoms with E-state index in [1.165, 1.54) is 7.11 Å². The lowest BCUT2D eigenvalue weighted by atomic mass is 9.89. The van der Waals surface area contributed by atoms with Crippen LogP contribution in [0.5, 0.6) is 0 Å². The van der Waals surface area contributed by atoms with Gasteiger partial charge in [0.05, 0.1) is 50.2 Å². The Hall–Kier alpha value is -3.02. The zero-order valence-corrected chi connectivity index (χ0v) is 26.0. The van der Waals surface area contributed by atoms with Crippen molar-refractivity contribution in [2.45, 2.75) is 109 Å². The minimum Gasteiger partial charge on any atom is -0.462 e. The van der Waals surface area contributed by atoms with Gasteiger partial charge in [0.1, 0.15) is 18.7 Å². The van der Waals surface area contributed by atoms with E-state index in [0.29, 0.717) is 56.0 Å². The van der Waals surface area contributed by atoms with Crippen LogP contribution < -0.4 is 5.32 Å². The quantitative estimate of drug-likeness (QED) is 0.187. The zero-order valence-electron chi connectivity index (χ0n) is 26.0. The van der Waals surface area contributed by atoms with Crippen molar-refractivity contribution in [1.82, 2.24) is 10.3 Å². The largest absolute Gasteiger partial charge is 0.462 e. The lowest BCUT2D eigenvalue weighted by Gasteiger charge is -2.37. The summed E-state index contributed by atoms with van der Waals surface area (Å²) >= 11 is 0. The Morgan fingerprint density at radius 1 is 1.14 bits per heavy atom. The first-order valence-electron chi connectivity index (χ1n) is 15.4. The van der Waals surface area contributed by atoms with Gasteiger partial charge in [-0.1, -0.05) is 32.4 Å². The maximum atomic E-state index is 12.8. The van der Waals surface area contributed by atoms with Crippen molar-refractivity contribution >= 4 is 24.4 Å². The first-order chi connectivity index (χ1) is 20.8. The number of hydrogen-bond donors (Lipinski definition) is 1. The number of carbonyl (C=O) groups is 3. The number of aromatic nitrogens is 1. The van der Waals surface area contributed by atoms with Gasteiger partial charge in [-0.2, -0.15) is 0 Å². The number of alkyl carbamates (subject to hydrolysis) is 1. The van der Waals surface area contributed by atoms with Gasteiger partial charge >= 0.3 is 12.1 Å². The molecule has 43 heavy (non-hydrogen) atoms. The molecule has 1 amide bonds. The second-order valence-electron chi connectivity index (χ2n) is 11.4. The van der Waals surface area contributed by atoms with Crippen LogP contribution in [0, 0.1) is 5.92 Å². The minimum absolute atomic E-state index is 0.0288. The summed E-state index contributed by atoms with van der Waals surface area (Å²) in [7, 11) is 3.02. The lowest BCUT2D eigenvalue weighted by Crippen LogP contribution is -2.40. The maximum Gasteiger partial charge on any atom is 0.407 e. The Morgan fingerprint density at radius 2 is 1.95 bits per heavy atom. The van der Waals surface area contributed by atoms with Crippen LogP contribution in [0.4, 0.5) is 4.79 Å². The molecule has 0 aromatic carbocycles. The molecule has 3 rings (SSSR count). The third kappa shape index (κ3) is 12.6. The summed E-state index contributed by atoms with van der Waals surface area (Å²) in [4.78, 5) is 40.1. The lowest BCUT2D eigenvalue weighted by molar-refractivity contribution is -0.164. The number of nitrogens with one attached hydrogen (secondary N) is 1. The van der Waals surface area contributed by atoms with Crippen molar-refractivity contribution < 1.29 is 42.5 Å². The van der Waals surface area contributed by atoms with E-state index in [1.54, 1.807) is 25.5 Å². The fourth-order valence-corrected chi connectivity index (χ4v) is 5.68. The number of cyclic esters (lactones) is 1. The molecular weight excluding hydrogens is 556 g/mol. The van der Waals surface area contributed by atoms with E-state index in [0.717, 1.165) is 37.7 Å². The number of rotatable bonds is 13. The summed E-state index contributed by atoms with van der Waals surface area (Å²) in [5, 5.41) is 2.54. The smallest absolute Gasteiger partial charge is 0.407 e. The number of fused-ring (bicyclic) bond motifs is 2. The van der Waals surface area contributed by atoms with Crippen molar-refractivity contribution in [3.8, 4) is 0 Å². The predicted molar refractivity (Wildman–Crippen MR) is 159 cm³/mol. The fraction of sp³-hybridized carbons (Fsp3) is 0.688. The Morgan fingerprint density at radius 3 is 2.70 bits per heavy atom. The highest BCUT2D eigenvalue weighted by Crippen LogP contribution is 2.31. The number of esters is 1. The molecule has 0 aliphatic carbocycles. The summed E-state index contributed by atoms with van der Waals surface area (Å²) in [5.74, 6) is 0.557. The number of amides is 1. The number of carbonyl (C=O) groups excluding carboxylic acids is 3. The molecular formula is C32H48N2O9. The maximum absolute atomic E-state index is 12.8. The van der Waals surface area contributed by atoms with E-state index >= 15 is 0 Å². The summed E-state index contributed by atoms with van der Waals surface area (Å²) in [6, 6.07) is 0. The average Bonchev–Trinajstić information content (AvgIpc) is 3.43. The van der Waals surface area contributed by atoms with Crippen LogP contribution in [-0.4, -0.2) is 81.2 Å². The first-order valence-corrected chi connectivity index (χ1v) is 15.4. The normalized spacial score (nSPS) is 27.2. The molecule has 0 radical (unpaired) electrons. The highest BCUT2D eigenvalue weighted by atomic mass is 16.6. The van der Waals surface area contributed by atoms with E-state index in [-0.39, 0.29) is 49.5 Å². The van der Waals surface area contributed by atoms with Crippen molar-refractivity contribution in [1.29, 1.82) is 0 Å². The van der Waals surface area contributed by atoms with Crippen LogP contribution in [0.3, 0.4) is 0 Å². The summed E-state index contributed by atoms with van der Waals surface area (Å²) < 4.78 is 34.1. The SMILES string of the molecule is CCCC1CC(OC)CC(C)C[C@@H]2C[C@@H](OC/C(C=O)=C/CCc3coc(/C=C\CNC(=O)OC)n3)C[C@H](CC(=O)O1)O2. The number of hydrogen-bond acceptors (Lipinski definition) is 10. The molecule has 1 aromatic heterocycles. The van der Waals surface area contributed by atoms with E-state index in [2.05, 4.69) is 28.9 Å². The molecule has 2 bridgehead atoms. The molecule has 6 atom stereocenters. The van der Waals surface area contributed by atoms with Gasteiger partial charge in [-0.25, -0.2) is 9.78 Å². The van der Waals surface area contributed by atoms with Gasteiger partial charge < -0.3 is 33.4 Å². The van der Waals surface area contributed by atoms with E-state index in [9.17, 15) is 14.4 Å². The van der Waals surface area contributed by atoms with Crippen LogP contribution in [0.25, 0.3) is 6.08 Å². The third-order valence-corrected chi connectivity index (χ3v) is 7.75. The summed E-state index contributed by atoms with van der Waals surface area (Å²) in [5.41, 5.74) is 1.31. The molecule has 11 nitrogen and oxygen atoms in total. The minimum atomic E-state index is -0.512. The first kappa shape index (κ1) is 34.5. The predicted octanol–water partition coefficient (Wildman–Crippen LogP) is 4.97. The number of allylic oxidation sites excluding steroid dienone is 1. The second-order valence-corrected chi connectivity index (χ2v) is 11.4. The fourth-order valence-electron chi connectivity index (χ4n) is 5.68. The molecule has 240 valence electrons. The summed E-state index contributed by atoms with van der Waals surface area (Å²) in [6.45, 7) is 4.79. The average molecular weight is 605 g/mol. The summed E-state index contributed by atoms with van der Waals surface area (Å²) in [6.07, 6.45) is 13.4. The standard InChI is InChI=1S/C32H48N2O9/c1-5-8-25-15-26(38-3)13-22(2)14-28-16-27(17-29(42-28)18-31(36)43-25)40-20-23(19-35)9-6-10-24-21-41-30(34-24)11-7-12-33-32(37)39-4/h7,9,11,19,21-22,25-29H,5-6,8,10,12-18,20H2,1-4H3,(H,33,37)/b11-7-,23-9+/t22?,25?,26?,27-,28-,29-/m1/s1. The number of ether oxygens (including phenoxy) is 5. The highest BCUT2D eigenvalue weighted by Gasteiger charge is 2.34. The number of nitrogens with zero attached hydrogens (tertiary/aromatic N) is 1. The number of aryl methyl sites for hydroxylation is 1. The van der Waals surface area contributed by atoms with Gasteiger partial charge in [0, 0.05) is 32.1 Å². The zero-order chi connectivity index (χ0) is 31.0. The molecule has 2 saturated heterocycles. The second kappa shape index (κ2) is 18.6. The number of aldehydes is 1. The van der Waals surface area contributed by atoms with Crippen molar-refractivity contribution in [3.05, 3.63) is 35.6 Å². The molecule has 3 heterocycles. The van der Waals surface area contributed by atoms with Crippen LogP contribution in [0.1, 0.15) is 83.2 Å². The van der Waals surface area contributed by atoms with Crippen molar-refractivity contribution in [2.24, 2.45) is 5.92 Å². The topological polar surface area (TPSA) is 135 Å². The molecule has 3 unspecified atom stereocenters. The van der Waals surface area contributed by atoms with Crippen LogP contribution >= 0.6 is 0 Å². The van der Waals surface area contributed by atoms with Gasteiger partial charge in [0.25, 0.3) is 0 Å². The molecule has 1 aromatic rings. The molecule has 11 heteroatoms. The molecule has 2 aliphatic rings. The van der Waals surface area contributed by atoms with E-state index in [4.69, 9.17) is 23.4 Å². The molecule has 1 N–H and O–H groups in total. The van der Waals surface area contributed by atoms with E-state index in [1.807, 2.05) is 6.08 Å². The van der Waals surface area contributed by atoms with Crippen LogP contribution in [-0.2, 0) is 39.7 Å².